The molecule has 0 saturated carbocycles. The van der Waals surface area contributed by atoms with Crippen LogP contribution in [0.15, 0.2) is 48.5 Å². The van der Waals surface area contributed by atoms with Gasteiger partial charge in [-0.1, -0.05) is 55.5 Å². The van der Waals surface area contributed by atoms with Gasteiger partial charge >= 0.3 is 0 Å². The van der Waals surface area contributed by atoms with Gasteiger partial charge in [0.05, 0.1) is 0 Å². The maximum Gasteiger partial charge on any atom is 0.0453 e. The Morgan fingerprint density at radius 3 is 2.71 bits per heavy atom. The fraction of sp³-hybridized carbons (Fsp3) is 0.368. The van der Waals surface area contributed by atoms with Crippen molar-refractivity contribution >= 4 is 5.69 Å². The van der Waals surface area contributed by atoms with Gasteiger partial charge in [0, 0.05) is 37.3 Å². The molecule has 2 nitrogen and oxygen atoms in total. The van der Waals surface area contributed by atoms with Crippen LogP contribution in [0.25, 0.3) is 0 Å². The summed E-state index contributed by atoms with van der Waals surface area (Å²) < 4.78 is 0. The van der Waals surface area contributed by atoms with E-state index >= 15 is 0 Å². The van der Waals surface area contributed by atoms with Crippen molar-refractivity contribution in [3.05, 3.63) is 65.2 Å². The van der Waals surface area contributed by atoms with Crippen molar-refractivity contribution < 1.29 is 0 Å². The molecule has 0 unspecified atom stereocenters. The first-order valence-electron chi connectivity index (χ1n) is 7.92. The van der Waals surface area contributed by atoms with E-state index < -0.39 is 0 Å². The van der Waals surface area contributed by atoms with E-state index in [-0.39, 0.29) is 5.41 Å². The first kappa shape index (κ1) is 12.9. The number of nitrogens with zero attached hydrogens (tertiary/aromatic N) is 1. The molecule has 0 bridgehead atoms. The lowest BCUT2D eigenvalue weighted by molar-refractivity contribution is 0.488. The second-order valence-corrected chi connectivity index (χ2v) is 6.43. The van der Waals surface area contributed by atoms with Crippen molar-refractivity contribution in [1.82, 2.24) is 5.32 Å². The van der Waals surface area contributed by atoms with Crippen molar-refractivity contribution in [3.8, 4) is 0 Å². The predicted molar refractivity (Wildman–Crippen MR) is 87.9 cm³/mol. The van der Waals surface area contributed by atoms with Crippen LogP contribution in [0.5, 0.6) is 0 Å². The molecule has 2 aromatic carbocycles. The van der Waals surface area contributed by atoms with Gasteiger partial charge in [-0.05, 0) is 23.1 Å². The van der Waals surface area contributed by atoms with Crippen LogP contribution in [-0.2, 0) is 12.0 Å². The SMILES string of the molecule is C[C@@]1(c2ccccc2)CCN2CCNCc3cccc1c32. The third kappa shape index (κ3) is 1.97. The minimum atomic E-state index is 0.132. The lowest BCUT2D eigenvalue weighted by atomic mass is 9.70. The maximum absolute atomic E-state index is 3.55. The topological polar surface area (TPSA) is 15.3 Å². The fourth-order valence-corrected chi connectivity index (χ4v) is 3.92. The first-order valence-corrected chi connectivity index (χ1v) is 7.92. The van der Waals surface area contributed by atoms with Crippen LogP contribution < -0.4 is 10.2 Å². The highest BCUT2D eigenvalue weighted by molar-refractivity contribution is 5.66. The highest BCUT2D eigenvalue weighted by Gasteiger charge is 2.37. The predicted octanol–water partition coefficient (Wildman–Crippen LogP) is 3.31. The molecule has 2 aromatic rings. The van der Waals surface area contributed by atoms with E-state index in [4.69, 9.17) is 0 Å². The molecule has 0 aliphatic carbocycles. The second-order valence-electron chi connectivity index (χ2n) is 6.43. The monoisotopic (exact) mass is 278 g/mol. The van der Waals surface area contributed by atoms with Gasteiger partial charge in [0.1, 0.15) is 0 Å². The Balaban J connectivity index is 1.91. The average molecular weight is 278 g/mol. The van der Waals surface area contributed by atoms with Crippen LogP contribution in [0.3, 0.4) is 0 Å². The van der Waals surface area contributed by atoms with Gasteiger partial charge in [0.2, 0.25) is 0 Å². The molecule has 4 rings (SSSR count). The summed E-state index contributed by atoms with van der Waals surface area (Å²) in [4.78, 5) is 2.58. The minimum absolute atomic E-state index is 0.132. The van der Waals surface area contributed by atoms with E-state index in [9.17, 15) is 0 Å². The van der Waals surface area contributed by atoms with Crippen LogP contribution in [0.2, 0.25) is 0 Å². The molecule has 0 aromatic heterocycles. The molecule has 1 N–H and O–H groups in total. The van der Waals surface area contributed by atoms with Crippen molar-refractivity contribution in [1.29, 1.82) is 0 Å². The molecule has 2 aliphatic rings. The Morgan fingerprint density at radius 1 is 1.00 bits per heavy atom. The van der Waals surface area contributed by atoms with Gasteiger partial charge in [-0.25, -0.2) is 0 Å². The molecule has 108 valence electrons. The van der Waals surface area contributed by atoms with Gasteiger partial charge in [-0.3, -0.25) is 0 Å². The third-order valence-electron chi connectivity index (χ3n) is 5.20. The molecule has 0 fully saturated rings. The van der Waals surface area contributed by atoms with E-state index in [0.717, 1.165) is 26.2 Å². The highest BCUT2D eigenvalue weighted by atomic mass is 15.2. The minimum Gasteiger partial charge on any atom is -0.370 e. The fourth-order valence-electron chi connectivity index (χ4n) is 3.92. The maximum atomic E-state index is 3.55. The first-order chi connectivity index (χ1) is 10.3. The standard InChI is InChI=1S/C19H22N2/c1-19(16-7-3-2-4-8-16)10-12-21-13-11-20-14-15-6-5-9-17(19)18(15)21/h2-9,20H,10-14H2,1H3/t19-/m0/s1. The summed E-state index contributed by atoms with van der Waals surface area (Å²) in [5, 5.41) is 3.55. The zero-order valence-electron chi connectivity index (χ0n) is 12.6. The smallest absolute Gasteiger partial charge is 0.0453 e. The molecule has 1 atom stereocenters. The Hall–Kier alpha value is -1.80. The summed E-state index contributed by atoms with van der Waals surface area (Å²) in [6.07, 6.45) is 1.19. The summed E-state index contributed by atoms with van der Waals surface area (Å²) in [7, 11) is 0. The number of nitrogens with one attached hydrogen (secondary N) is 1. The lowest BCUT2D eigenvalue weighted by Gasteiger charge is -2.43. The van der Waals surface area contributed by atoms with Crippen LogP contribution >= 0.6 is 0 Å². The lowest BCUT2D eigenvalue weighted by Crippen LogP contribution is -2.41. The van der Waals surface area contributed by atoms with E-state index in [1.807, 2.05) is 0 Å². The zero-order valence-corrected chi connectivity index (χ0v) is 12.6. The average Bonchev–Trinajstić information content (AvgIpc) is 2.75. The molecule has 0 radical (unpaired) electrons. The van der Waals surface area contributed by atoms with Gasteiger partial charge in [-0.2, -0.15) is 0 Å². The number of hydrogen-bond donors (Lipinski definition) is 1. The molecule has 2 heteroatoms. The van der Waals surface area contributed by atoms with Crippen LogP contribution in [0, 0.1) is 0 Å². The molecule has 0 saturated heterocycles. The molecule has 0 amide bonds. The summed E-state index contributed by atoms with van der Waals surface area (Å²) in [5.41, 5.74) is 6.01. The molecule has 21 heavy (non-hydrogen) atoms. The van der Waals surface area contributed by atoms with E-state index in [1.54, 1.807) is 0 Å². The molecular formula is C19H22N2. The molecule has 2 heterocycles. The molecule has 0 spiro atoms. The third-order valence-corrected chi connectivity index (χ3v) is 5.20. The number of para-hydroxylation sites is 1. The van der Waals surface area contributed by atoms with E-state index in [0.29, 0.717) is 0 Å². The summed E-state index contributed by atoms with van der Waals surface area (Å²) in [6, 6.07) is 17.8. The van der Waals surface area contributed by atoms with Crippen molar-refractivity contribution in [2.45, 2.75) is 25.3 Å². The van der Waals surface area contributed by atoms with Gasteiger partial charge in [0.15, 0.2) is 0 Å². The summed E-state index contributed by atoms with van der Waals surface area (Å²) in [6.45, 7) is 6.75. The Bertz CT molecular complexity index is 650. The highest BCUT2D eigenvalue weighted by Crippen LogP contribution is 2.45. The van der Waals surface area contributed by atoms with Gasteiger partial charge in [0.25, 0.3) is 0 Å². The number of benzene rings is 2. The Morgan fingerprint density at radius 2 is 1.86 bits per heavy atom. The Labute approximate surface area is 126 Å². The molecular weight excluding hydrogens is 256 g/mol. The van der Waals surface area contributed by atoms with Crippen LogP contribution in [0.4, 0.5) is 5.69 Å². The summed E-state index contributed by atoms with van der Waals surface area (Å²) >= 11 is 0. The molecule has 2 aliphatic heterocycles. The Kier molecular flexibility index (Phi) is 3.00. The van der Waals surface area contributed by atoms with Crippen molar-refractivity contribution in [2.24, 2.45) is 0 Å². The van der Waals surface area contributed by atoms with E-state index in [1.165, 1.54) is 28.8 Å². The van der Waals surface area contributed by atoms with Crippen molar-refractivity contribution in [2.75, 3.05) is 24.5 Å². The van der Waals surface area contributed by atoms with E-state index in [2.05, 4.69) is 65.7 Å². The van der Waals surface area contributed by atoms with Gasteiger partial charge in [-0.15, -0.1) is 0 Å². The number of anilines is 1. The number of rotatable bonds is 1. The van der Waals surface area contributed by atoms with Gasteiger partial charge < -0.3 is 10.2 Å². The van der Waals surface area contributed by atoms with Crippen LogP contribution in [0.1, 0.15) is 30.0 Å². The zero-order chi connectivity index (χ0) is 14.3. The largest absolute Gasteiger partial charge is 0.370 e. The van der Waals surface area contributed by atoms with Crippen molar-refractivity contribution in [3.63, 3.8) is 0 Å². The summed E-state index contributed by atoms with van der Waals surface area (Å²) in [5.74, 6) is 0. The second kappa shape index (κ2) is 4.88. The quantitative estimate of drug-likeness (QED) is 0.861. The normalized spacial score (nSPS) is 24.3. The number of hydrogen-bond acceptors (Lipinski definition) is 2. The van der Waals surface area contributed by atoms with Crippen LogP contribution in [-0.4, -0.2) is 19.6 Å².